The zero-order valence-corrected chi connectivity index (χ0v) is 17.1. The van der Waals surface area contributed by atoms with Gasteiger partial charge in [-0.1, -0.05) is 12.1 Å². The standard InChI is InChI=1S/C18H26N4O7S/c1-9(23)15(18(29)20-7-14(25)26)22-17(28)13(8-30)21-16(27)12(19)6-10-2-4-11(24)5-3-10/h2-5,9,12-13,15,23-24,30H,6-8,19H2,1H3,(H,20,29)(H,21,27)(H,22,28)(H,25,26). The van der Waals surface area contributed by atoms with Crippen LogP contribution in [-0.4, -0.2) is 75.5 Å². The number of phenols is 1. The number of benzene rings is 1. The highest BCUT2D eigenvalue weighted by Gasteiger charge is 2.30. The van der Waals surface area contributed by atoms with Crippen molar-refractivity contribution in [3.63, 3.8) is 0 Å². The van der Waals surface area contributed by atoms with E-state index in [9.17, 15) is 29.4 Å². The predicted molar refractivity (Wildman–Crippen MR) is 110 cm³/mol. The summed E-state index contributed by atoms with van der Waals surface area (Å²) in [5.74, 6) is -3.67. The molecule has 0 radical (unpaired) electrons. The zero-order valence-electron chi connectivity index (χ0n) is 16.2. The molecule has 0 saturated heterocycles. The molecule has 4 atom stereocenters. The van der Waals surface area contributed by atoms with E-state index < -0.39 is 54.5 Å². The van der Waals surface area contributed by atoms with E-state index in [0.717, 1.165) is 0 Å². The third-order valence-electron chi connectivity index (χ3n) is 4.02. The van der Waals surface area contributed by atoms with E-state index in [1.54, 1.807) is 12.1 Å². The maximum absolute atomic E-state index is 12.4. The summed E-state index contributed by atoms with van der Waals surface area (Å²) in [6.45, 7) is 0.559. The first-order valence-electron chi connectivity index (χ1n) is 8.97. The lowest BCUT2D eigenvalue weighted by Crippen LogP contribution is -2.59. The van der Waals surface area contributed by atoms with Crippen molar-refractivity contribution in [1.29, 1.82) is 0 Å². The second kappa shape index (κ2) is 12.0. The van der Waals surface area contributed by atoms with Gasteiger partial charge in [-0.2, -0.15) is 12.6 Å². The number of rotatable bonds is 11. The Labute approximate surface area is 178 Å². The SMILES string of the molecule is CC(O)C(NC(=O)C(CS)NC(=O)C(N)Cc1ccc(O)cc1)C(=O)NCC(=O)O. The lowest BCUT2D eigenvalue weighted by Gasteiger charge is -2.24. The van der Waals surface area contributed by atoms with Gasteiger partial charge in [0.25, 0.3) is 0 Å². The molecule has 0 spiro atoms. The van der Waals surface area contributed by atoms with Gasteiger partial charge < -0.3 is 37.0 Å². The van der Waals surface area contributed by atoms with E-state index in [-0.39, 0.29) is 17.9 Å². The number of carboxylic acid groups (broad SMARTS) is 1. The second-order valence-electron chi connectivity index (χ2n) is 6.56. The van der Waals surface area contributed by atoms with E-state index >= 15 is 0 Å². The Hall–Kier alpha value is -2.83. The molecule has 0 heterocycles. The van der Waals surface area contributed by atoms with Gasteiger partial charge >= 0.3 is 5.97 Å². The number of aliphatic carboxylic acids is 1. The number of carbonyl (C=O) groups excluding carboxylic acids is 3. The molecule has 0 aliphatic carbocycles. The molecule has 12 heteroatoms. The Kier molecular flexibility index (Phi) is 10.1. The average Bonchev–Trinajstić information content (AvgIpc) is 2.69. The normalized spacial score (nSPS) is 14.7. The van der Waals surface area contributed by atoms with Crippen LogP contribution in [0.2, 0.25) is 0 Å². The van der Waals surface area contributed by atoms with Crippen molar-refractivity contribution >= 4 is 36.3 Å². The van der Waals surface area contributed by atoms with Crippen LogP contribution in [-0.2, 0) is 25.6 Å². The molecule has 0 bridgehead atoms. The minimum Gasteiger partial charge on any atom is -0.508 e. The van der Waals surface area contributed by atoms with Gasteiger partial charge in [0, 0.05) is 5.75 Å². The van der Waals surface area contributed by atoms with Crippen LogP contribution in [0, 0.1) is 0 Å². The Morgan fingerprint density at radius 1 is 1.07 bits per heavy atom. The highest BCUT2D eigenvalue weighted by atomic mass is 32.1. The second-order valence-corrected chi connectivity index (χ2v) is 6.92. The Bertz CT molecular complexity index is 757. The van der Waals surface area contributed by atoms with E-state index in [1.807, 2.05) is 0 Å². The summed E-state index contributed by atoms with van der Waals surface area (Å²) in [6.07, 6.45) is -1.17. The number of aliphatic hydroxyl groups excluding tert-OH is 1. The van der Waals surface area contributed by atoms with Crippen molar-refractivity contribution in [2.24, 2.45) is 5.73 Å². The fraction of sp³-hybridized carbons (Fsp3) is 0.444. The largest absolute Gasteiger partial charge is 0.508 e. The van der Waals surface area contributed by atoms with E-state index in [2.05, 4.69) is 28.6 Å². The molecule has 30 heavy (non-hydrogen) atoms. The molecule has 0 aliphatic heterocycles. The zero-order chi connectivity index (χ0) is 22.8. The van der Waals surface area contributed by atoms with Crippen LogP contribution in [0.25, 0.3) is 0 Å². The third kappa shape index (κ3) is 8.27. The summed E-state index contributed by atoms with van der Waals surface area (Å²) in [5.41, 5.74) is 6.57. The van der Waals surface area contributed by atoms with Crippen LogP contribution < -0.4 is 21.7 Å². The van der Waals surface area contributed by atoms with Crippen molar-refractivity contribution in [2.75, 3.05) is 12.3 Å². The van der Waals surface area contributed by atoms with Gasteiger partial charge in [0.1, 0.15) is 24.4 Å². The Morgan fingerprint density at radius 3 is 2.17 bits per heavy atom. The topological polar surface area (TPSA) is 191 Å². The van der Waals surface area contributed by atoms with Crippen LogP contribution in [0.4, 0.5) is 0 Å². The van der Waals surface area contributed by atoms with Gasteiger partial charge in [0.05, 0.1) is 12.1 Å². The summed E-state index contributed by atoms with van der Waals surface area (Å²) in [4.78, 5) is 47.3. The monoisotopic (exact) mass is 442 g/mol. The van der Waals surface area contributed by atoms with Gasteiger partial charge in [-0.15, -0.1) is 0 Å². The smallest absolute Gasteiger partial charge is 0.322 e. The first-order valence-corrected chi connectivity index (χ1v) is 9.61. The van der Waals surface area contributed by atoms with Crippen LogP contribution in [0.3, 0.4) is 0 Å². The van der Waals surface area contributed by atoms with E-state index in [0.29, 0.717) is 5.56 Å². The lowest BCUT2D eigenvalue weighted by molar-refractivity contribution is -0.139. The van der Waals surface area contributed by atoms with Crippen molar-refractivity contribution in [2.45, 2.75) is 37.6 Å². The van der Waals surface area contributed by atoms with Crippen LogP contribution >= 0.6 is 12.6 Å². The number of amides is 3. The molecule has 3 amide bonds. The molecular formula is C18H26N4O7S. The highest BCUT2D eigenvalue weighted by molar-refractivity contribution is 7.80. The number of nitrogens with two attached hydrogens (primary N) is 1. The van der Waals surface area contributed by atoms with Crippen LogP contribution in [0.15, 0.2) is 24.3 Å². The molecule has 0 aliphatic rings. The van der Waals surface area contributed by atoms with Gasteiger partial charge in [-0.05, 0) is 31.0 Å². The van der Waals surface area contributed by atoms with Gasteiger partial charge in [-0.25, -0.2) is 0 Å². The first-order chi connectivity index (χ1) is 14.0. The number of aromatic hydroxyl groups is 1. The number of nitrogens with one attached hydrogen (secondary N) is 3. The first kappa shape index (κ1) is 25.2. The number of hydrogen-bond acceptors (Lipinski definition) is 8. The molecule has 1 aromatic carbocycles. The highest BCUT2D eigenvalue weighted by Crippen LogP contribution is 2.11. The summed E-state index contributed by atoms with van der Waals surface area (Å²) in [7, 11) is 0. The molecule has 1 rings (SSSR count). The summed E-state index contributed by atoms with van der Waals surface area (Å²) in [5, 5.41) is 34.4. The number of thiol groups is 1. The van der Waals surface area contributed by atoms with E-state index in [4.69, 9.17) is 10.8 Å². The fourth-order valence-electron chi connectivity index (χ4n) is 2.38. The molecular weight excluding hydrogens is 416 g/mol. The van der Waals surface area contributed by atoms with Crippen LogP contribution in [0.1, 0.15) is 12.5 Å². The minimum atomic E-state index is -1.43. The molecule has 0 aromatic heterocycles. The molecule has 4 unspecified atom stereocenters. The maximum Gasteiger partial charge on any atom is 0.322 e. The summed E-state index contributed by atoms with van der Waals surface area (Å²) in [6, 6.07) is 2.55. The molecule has 8 N–H and O–H groups in total. The van der Waals surface area contributed by atoms with Crippen molar-refractivity contribution in [3.05, 3.63) is 29.8 Å². The maximum atomic E-state index is 12.4. The average molecular weight is 442 g/mol. The number of carboxylic acids is 1. The fourth-order valence-corrected chi connectivity index (χ4v) is 2.64. The number of aliphatic hydroxyl groups is 1. The number of phenolic OH excluding ortho intramolecular Hbond substituents is 1. The van der Waals surface area contributed by atoms with Gasteiger partial charge in [0.15, 0.2) is 0 Å². The van der Waals surface area contributed by atoms with Crippen LogP contribution in [0.5, 0.6) is 5.75 Å². The molecule has 11 nitrogen and oxygen atoms in total. The molecule has 1 aromatic rings. The summed E-state index contributed by atoms with van der Waals surface area (Å²) >= 11 is 4.02. The van der Waals surface area contributed by atoms with Crippen molar-refractivity contribution in [3.8, 4) is 5.75 Å². The number of hydrogen-bond donors (Lipinski definition) is 8. The third-order valence-corrected chi connectivity index (χ3v) is 4.39. The molecule has 166 valence electrons. The Morgan fingerprint density at radius 2 is 1.67 bits per heavy atom. The lowest BCUT2D eigenvalue weighted by atomic mass is 10.1. The number of carbonyl (C=O) groups is 4. The van der Waals surface area contributed by atoms with Crippen molar-refractivity contribution in [1.82, 2.24) is 16.0 Å². The van der Waals surface area contributed by atoms with Gasteiger partial charge in [-0.3, -0.25) is 19.2 Å². The molecule has 0 fully saturated rings. The van der Waals surface area contributed by atoms with Crippen molar-refractivity contribution < 1.29 is 34.5 Å². The predicted octanol–water partition coefficient (Wildman–Crippen LogP) is -2.26. The minimum absolute atomic E-state index is 0.0728. The Balaban J connectivity index is 2.70. The molecule has 0 saturated carbocycles. The van der Waals surface area contributed by atoms with E-state index in [1.165, 1.54) is 19.1 Å². The van der Waals surface area contributed by atoms with Gasteiger partial charge in [0.2, 0.25) is 17.7 Å². The summed E-state index contributed by atoms with van der Waals surface area (Å²) < 4.78 is 0. The quantitative estimate of drug-likeness (QED) is 0.176.